The molecule has 0 unspecified atom stereocenters. The van der Waals surface area contributed by atoms with Crippen LogP contribution >= 0.6 is 23.2 Å². The van der Waals surface area contributed by atoms with Gasteiger partial charge in [0, 0.05) is 19.0 Å². The fraction of sp³-hybridized carbons (Fsp3) is 0.333. The maximum Gasteiger partial charge on any atom is 0.243 e. The summed E-state index contributed by atoms with van der Waals surface area (Å²) in [6.07, 6.45) is 4.79. The lowest BCUT2D eigenvalue weighted by Gasteiger charge is -2.32. The van der Waals surface area contributed by atoms with Crippen LogP contribution in [0.5, 0.6) is 0 Å². The van der Waals surface area contributed by atoms with Gasteiger partial charge in [0.15, 0.2) is 0 Å². The van der Waals surface area contributed by atoms with E-state index in [4.69, 9.17) is 23.2 Å². The van der Waals surface area contributed by atoms with Crippen LogP contribution in [0.3, 0.4) is 0 Å². The highest BCUT2D eigenvalue weighted by atomic mass is 35.5. The molecule has 3 aromatic carbocycles. The second-order valence-electron chi connectivity index (χ2n) is 9.63. The van der Waals surface area contributed by atoms with Crippen LogP contribution in [0, 0.1) is 6.92 Å². The van der Waals surface area contributed by atoms with Gasteiger partial charge in [0.1, 0.15) is 6.04 Å². The Morgan fingerprint density at radius 2 is 1.56 bits per heavy atom. The topological polar surface area (TPSA) is 49.4 Å². The Morgan fingerprint density at radius 1 is 0.889 bits per heavy atom. The zero-order valence-electron chi connectivity index (χ0n) is 20.6. The molecule has 6 heteroatoms. The van der Waals surface area contributed by atoms with Crippen molar-refractivity contribution in [2.24, 2.45) is 0 Å². The highest BCUT2D eigenvalue weighted by Gasteiger charge is 2.32. The maximum absolute atomic E-state index is 13.8. The van der Waals surface area contributed by atoms with E-state index in [2.05, 4.69) is 5.32 Å². The van der Waals surface area contributed by atoms with Crippen LogP contribution in [-0.2, 0) is 29.0 Å². The molecule has 4 nitrogen and oxygen atoms in total. The number of amides is 2. The van der Waals surface area contributed by atoms with Crippen molar-refractivity contribution < 1.29 is 9.59 Å². The second-order valence-corrected chi connectivity index (χ2v) is 10.4. The molecule has 36 heavy (non-hydrogen) atoms. The molecule has 1 saturated carbocycles. The van der Waals surface area contributed by atoms with Crippen molar-refractivity contribution in [2.75, 3.05) is 0 Å². The molecule has 0 heterocycles. The third kappa shape index (κ3) is 7.11. The lowest BCUT2D eigenvalue weighted by Crippen LogP contribution is -2.52. The van der Waals surface area contributed by atoms with Crippen LogP contribution in [0.2, 0.25) is 10.0 Å². The Labute approximate surface area is 223 Å². The van der Waals surface area contributed by atoms with Crippen LogP contribution in [0.4, 0.5) is 0 Å². The number of hydrogen-bond acceptors (Lipinski definition) is 2. The predicted octanol–water partition coefficient (Wildman–Crippen LogP) is 6.54. The van der Waals surface area contributed by atoms with Gasteiger partial charge in [0.2, 0.25) is 11.8 Å². The molecule has 2 amide bonds. The molecule has 1 aliphatic carbocycles. The van der Waals surface area contributed by atoms with Gasteiger partial charge in [-0.05, 0) is 48.6 Å². The van der Waals surface area contributed by atoms with E-state index in [0.29, 0.717) is 23.0 Å². The summed E-state index contributed by atoms with van der Waals surface area (Å²) in [4.78, 5) is 29.3. The van der Waals surface area contributed by atoms with Crippen LogP contribution < -0.4 is 5.32 Å². The lowest BCUT2D eigenvalue weighted by molar-refractivity contribution is -0.141. The van der Waals surface area contributed by atoms with Gasteiger partial charge in [-0.25, -0.2) is 0 Å². The van der Waals surface area contributed by atoms with E-state index in [9.17, 15) is 9.59 Å². The molecule has 1 N–H and O–H groups in total. The SMILES string of the molecule is Cc1ccc(CN(C(=O)Cc2ccc(Cl)c(Cl)c2)[C@H](Cc2ccccc2)C(=O)NC2CCCC2)cc1. The van der Waals surface area contributed by atoms with E-state index in [1.165, 1.54) is 0 Å². The number of nitrogens with one attached hydrogen (secondary N) is 1. The molecule has 0 aliphatic heterocycles. The quantitative estimate of drug-likeness (QED) is 0.346. The fourth-order valence-electron chi connectivity index (χ4n) is 4.74. The number of carbonyl (C=O) groups is 2. The van der Waals surface area contributed by atoms with Crippen molar-refractivity contribution in [3.63, 3.8) is 0 Å². The Morgan fingerprint density at radius 3 is 2.22 bits per heavy atom. The third-order valence-electron chi connectivity index (χ3n) is 6.79. The van der Waals surface area contributed by atoms with Crippen molar-refractivity contribution in [1.29, 1.82) is 0 Å². The first-order valence-corrected chi connectivity index (χ1v) is 13.3. The summed E-state index contributed by atoms with van der Waals surface area (Å²) in [6.45, 7) is 2.38. The number of carbonyl (C=O) groups excluding carboxylic acids is 2. The van der Waals surface area contributed by atoms with Crippen LogP contribution in [0.15, 0.2) is 72.8 Å². The van der Waals surface area contributed by atoms with Crippen molar-refractivity contribution in [3.8, 4) is 0 Å². The zero-order valence-corrected chi connectivity index (χ0v) is 22.1. The molecular weight excluding hydrogens is 491 g/mol. The van der Waals surface area contributed by atoms with E-state index in [0.717, 1.165) is 47.9 Å². The first kappa shape index (κ1) is 26.2. The average Bonchev–Trinajstić information content (AvgIpc) is 3.38. The van der Waals surface area contributed by atoms with Gasteiger partial charge < -0.3 is 10.2 Å². The minimum atomic E-state index is -0.635. The van der Waals surface area contributed by atoms with Crippen molar-refractivity contribution in [1.82, 2.24) is 10.2 Å². The molecule has 4 rings (SSSR count). The number of hydrogen-bond donors (Lipinski definition) is 1. The Balaban J connectivity index is 1.66. The highest BCUT2D eigenvalue weighted by molar-refractivity contribution is 6.42. The van der Waals surface area contributed by atoms with Gasteiger partial charge in [-0.3, -0.25) is 9.59 Å². The fourth-order valence-corrected chi connectivity index (χ4v) is 5.06. The molecule has 0 saturated heterocycles. The minimum Gasteiger partial charge on any atom is -0.352 e. The van der Waals surface area contributed by atoms with Gasteiger partial charge in [0.25, 0.3) is 0 Å². The Kier molecular flexibility index (Phi) is 9.06. The summed E-state index contributed by atoms with van der Waals surface area (Å²) in [5.74, 6) is -0.225. The molecule has 1 aliphatic rings. The number of nitrogens with zero attached hydrogens (tertiary/aromatic N) is 1. The molecule has 0 aromatic heterocycles. The zero-order chi connectivity index (χ0) is 25.5. The van der Waals surface area contributed by atoms with Crippen LogP contribution in [-0.4, -0.2) is 28.8 Å². The molecule has 188 valence electrons. The van der Waals surface area contributed by atoms with Gasteiger partial charge in [0.05, 0.1) is 16.5 Å². The van der Waals surface area contributed by atoms with E-state index in [1.54, 1.807) is 23.1 Å². The number of aryl methyl sites for hydroxylation is 1. The third-order valence-corrected chi connectivity index (χ3v) is 7.52. The van der Waals surface area contributed by atoms with E-state index in [-0.39, 0.29) is 24.3 Å². The minimum absolute atomic E-state index is 0.0969. The Bertz CT molecular complexity index is 1180. The molecule has 1 fully saturated rings. The lowest BCUT2D eigenvalue weighted by atomic mass is 10.0. The summed E-state index contributed by atoms with van der Waals surface area (Å²) < 4.78 is 0. The van der Waals surface area contributed by atoms with Gasteiger partial charge in [-0.1, -0.05) is 102 Å². The summed E-state index contributed by atoms with van der Waals surface area (Å²) in [6, 6.07) is 22.7. The summed E-state index contributed by atoms with van der Waals surface area (Å²) in [7, 11) is 0. The van der Waals surface area contributed by atoms with Crippen molar-refractivity contribution >= 4 is 35.0 Å². The smallest absolute Gasteiger partial charge is 0.243 e. The molecule has 0 radical (unpaired) electrons. The normalized spacial score (nSPS) is 14.4. The number of benzene rings is 3. The summed E-state index contributed by atoms with van der Waals surface area (Å²) in [5, 5.41) is 4.09. The standard InChI is InChI=1S/C30H32Cl2N2O2/c1-21-11-13-23(14-12-21)20-34(29(35)19-24-15-16-26(31)27(32)17-24)28(18-22-7-3-2-4-8-22)30(36)33-25-9-5-6-10-25/h2-4,7-8,11-17,25,28H,5-6,9-10,18-20H2,1H3,(H,33,36)/t28-/m1/s1. The largest absolute Gasteiger partial charge is 0.352 e. The molecular formula is C30H32Cl2N2O2. The number of halogens is 2. The van der Waals surface area contributed by atoms with E-state index in [1.807, 2.05) is 61.5 Å². The first-order chi connectivity index (χ1) is 17.4. The van der Waals surface area contributed by atoms with Crippen LogP contribution in [0.1, 0.15) is 47.9 Å². The highest BCUT2D eigenvalue weighted by Crippen LogP contribution is 2.24. The summed E-state index contributed by atoms with van der Waals surface area (Å²) >= 11 is 12.3. The first-order valence-electron chi connectivity index (χ1n) is 12.5. The van der Waals surface area contributed by atoms with Crippen molar-refractivity contribution in [2.45, 2.75) is 64.1 Å². The molecule has 3 aromatic rings. The van der Waals surface area contributed by atoms with Crippen LogP contribution in [0.25, 0.3) is 0 Å². The van der Waals surface area contributed by atoms with Crippen molar-refractivity contribution in [3.05, 3.63) is 105 Å². The summed E-state index contributed by atoms with van der Waals surface area (Å²) in [5.41, 5.74) is 3.90. The van der Waals surface area contributed by atoms with Gasteiger partial charge in [-0.2, -0.15) is 0 Å². The van der Waals surface area contributed by atoms with Gasteiger partial charge >= 0.3 is 0 Å². The monoisotopic (exact) mass is 522 g/mol. The number of rotatable bonds is 9. The van der Waals surface area contributed by atoms with E-state index < -0.39 is 6.04 Å². The van der Waals surface area contributed by atoms with Gasteiger partial charge in [-0.15, -0.1) is 0 Å². The average molecular weight is 524 g/mol. The second kappa shape index (κ2) is 12.4. The van der Waals surface area contributed by atoms with E-state index >= 15 is 0 Å². The molecule has 0 bridgehead atoms. The molecule has 1 atom stereocenters. The maximum atomic E-state index is 13.8. The Hall–Kier alpha value is -2.82. The predicted molar refractivity (Wildman–Crippen MR) is 146 cm³/mol. The molecule has 0 spiro atoms.